The first-order valence-corrected chi connectivity index (χ1v) is 6.71. The molecule has 0 saturated carbocycles. The van der Waals surface area contributed by atoms with Gasteiger partial charge >= 0.3 is 5.97 Å². The molecule has 6 nitrogen and oxygen atoms in total. The van der Waals surface area contributed by atoms with Crippen LogP contribution in [-0.4, -0.2) is 32.1 Å². The quantitative estimate of drug-likeness (QED) is 0.699. The van der Waals surface area contributed by atoms with Crippen molar-refractivity contribution in [3.8, 4) is 0 Å². The summed E-state index contributed by atoms with van der Waals surface area (Å²) in [6, 6.07) is -0.661. The van der Waals surface area contributed by atoms with E-state index in [0.29, 0.717) is 6.42 Å². The van der Waals surface area contributed by atoms with E-state index < -0.39 is 12.0 Å². The van der Waals surface area contributed by atoms with Crippen LogP contribution < -0.4 is 5.73 Å². The molecular formula is C13H24N4O2. The third-order valence-electron chi connectivity index (χ3n) is 2.59. The van der Waals surface area contributed by atoms with Gasteiger partial charge in [0.05, 0.1) is 0 Å². The van der Waals surface area contributed by atoms with E-state index in [2.05, 4.69) is 21.9 Å². The molecule has 19 heavy (non-hydrogen) atoms. The number of carboxylic acids is 1. The highest BCUT2D eigenvalue weighted by Crippen LogP contribution is 2.07. The molecule has 1 rings (SSSR count). The maximum atomic E-state index is 10.3. The summed E-state index contributed by atoms with van der Waals surface area (Å²) in [6.07, 6.45) is 12.0. The molecule has 0 spiro atoms. The minimum Gasteiger partial charge on any atom is -0.480 e. The molecule has 0 radical (unpaired) electrons. The fraction of sp³-hybridized carbons (Fsp3) is 0.692. The Bertz CT molecular complexity index is 282. The van der Waals surface area contributed by atoms with E-state index in [9.17, 15) is 4.79 Å². The first-order chi connectivity index (χ1) is 9.18. The van der Waals surface area contributed by atoms with E-state index in [1.54, 1.807) is 0 Å². The highest BCUT2D eigenvalue weighted by atomic mass is 16.4. The molecule has 0 saturated heterocycles. The lowest BCUT2D eigenvalue weighted by molar-refractivity contribution is -0.138. The molecule has 0 aromatic carbocycles. The predicted octanol–water partition coefficient (Wildman–Crippen LogP) is 2.02. The summed E-state index contributed by atoms with van der Waals surface area (Å²) in [5.41, 5.74) is 5.36. The Hall–Kier alpha value is -1.56. The second-order valence-corrected chi connectivity index (χ2v) is 4.29. The van der Waals surface area contributed by atoms with E-state index in [-0.39, 0.29) is 0 Å². The summed E-state index contributed by atoms with van der Waals surface area (Å²) in [5.74, 6) is -0.881. The van der Waals surface area contributed by atoms with Gasteiger partial charge in [0.2, 0.25) is 0 Å². The molecule has 0 aliphatic carbocycles. The molecule has 6 heteroatoms. The number of aromatic nitrogens is 3. The largest absolute Gasteiger partial charge is 0.480 e. The molecule has 1 aromatic heterocycles. The number of nitrogens with zero attached hydrogens (tertiary/aromatic N) is 3. The van der Waals surface area contributed by atoms with Gasteiger partial charge < -0.3 is 10.8 Å². The lowest BCUT2D eigenvalue weighted by Gasteiger charge is -2.05. The number of rotatable bonds is 8. The van der Waals surface area contributed by atoms with Crippen LogP contribution >= 0.6 is 0 Å². The predicted molar refractivity (Wildman–Crippen MR) is 73.4 cm³/mol. The number of hydrogen-bond donors (Lipinski definition) is 2. The van der Waals surface area contributed by atoms with Gasteiger partial charge in [0.1, 0.15) is 25.0 Å². The number of nitrogens with two attached hydrogens (primary N) is 1. The van der Waals surface area contributed by atoms with E-state index in [1.807, 2.05) is 0 Å². The third-order valence-corrected chi connectivity index (χ3v) is 2.59. The van der Waals surface area contributed by atoms with Gasteiger partial charge in [-0.25, -0.2) is 15.0 Å². The Morgan fingerprint density at radius 2 is 1.53 bits per heavy atom. The fourth-order valence-corrected chi connectivity index (χ4v) is 1.47. The molecule has 0 aliphatic heterocycles. The summed E-state index contributed by atoms with van der Waals surface area (Å²) in [5, 5.41) is 8.50. The average molecular weight is 268 g/mol. The van der Waals surface area contributed by atoms with Crippen molar-refractivity contribution in [2.45, 2.75) is 57.9 Å². The zero-order valence-electron chi connectivity index (χ0n) is 11.5. The lowest BCUT2D eigenvalue weighted by atomic mass is 10.1. The van der Waals surface area contributed by atoms with E-state index >= 15 is 0 Å². The summed E-state index contributed by atoms with van der Waals surface area (Å²) < 4.78 is 0. The molecule has 0 fully saturated rings. The lowest BCUT2D eigenvalue weighted by Crippen LogP contribution is -2.29. The third kappa shape index (κ3) is 12.7. The van der Waals surface area contributed by atoms with E-state index in [0.717, 1.165) is 12.8 Å². The summed E-state index contributed by atoms with van der Waals surface area (Å²) >= 11 is 0. The SMILES string of the molecule is CCCCCCCCC(N)C(=O)O.c1ncncn1. The number of carbonyl (C=O) groups is 1. The minimum absolute atomic E-state index is 0.613. The average Bonchev–Trinajstić information content (AvgIpc) is 2.45. The van der Waals surface area contributed by atoms with Crippen molar-refractivity contribution in [2.24, 2.45) is 5.73 Å². The van der Waals surface area contributed by atoms with Crippen LogP contribution in [0.5, 0.6) is 0 Å². The highest BCUT2D eigenvalue weighted by Gasteiger charge is 2.09. The van der Waals surface area contributed by atoms with Crippen LogP contribution in [0.2, 0.25) is 0 Å². The van der Waals surface area contributed by atoms with E-state index in [4.69, 9.17) is 10.8 Å². The van der Waals surface area contributed by atoms with Crippen LogP contribution in [-0.2, 0) is 4.79 Å². The van der Waals surface area contributed by atoms with Gasteiger partial charge in [0.15, 0.2) is 0 Å². The normalized spacial score (nSPS) is 11.3. The van der Waals surface area contributed by atoms with Crippen LogP contribution in [0.4, 0.5) is 0 Å². The smallest absolute Gasteiger partial charge is 0.320 e. The Labute approximate surface area is 114 Å². The summed E-state index contributed by atoms with van der Waals surface area (Å²) in [6.45, 7) is 2.18. The molecular weight excluding hydrogens is 244 g/mol. The van der Waals surface area contributed by atoms with Gasteiger partial charge in [-0.2, -0.15) is 0 Å². The van der Waals surface area contributed by atoms with Gasteiger partial charge in [0.25, 0.3) is 0 Å². The minimum atomic E-state index is -0.881. The molecule has 0 bridgehead atoms. The second-order valence-electron chi connectivity index (χ2n) is 4.29. The first-order valence-electron chi connectivity index (χ1n) is 6.71. The molecule has 0 aliphatic rings. The maximum Gasteiger partial charge on any atom is 0.320 e. The van der Waals surface area contributed by atoms with Crippen molar-refractivity contribution in [3.63, 3.8) is 0 Å². The zero-order chi connectivity index (χ0) is 14.3. The molecule has 3 N–H and O–H groups in total. The van der Waals surface area contributed by atoms with Crippen molar-refractivity contribution in [2.75, 3.05) is 0 Å². The van der Waals surface area contributed by atoms with Crippen molar-refractivity contribution >= 4 is 5.97 Å². The molecule has 108 valence electrons. The monoisotopic (exact) mass is 268 g/mol. The van der Waals surface area contributed by atoms with Crippen LogP contribution in [0.25, 0.3) is 0 Å². The Kier molecular flexibility index (Phi) is 11.8. The number of carboxylic acid groups (broad SMARTS) is 1. The van der Waals surface area contributed by atoms with E-state index in [1.165, 1.54) is 44.7 Å². The van der Waals surface area contributed by atoms with Crippen LogP contribution in [0.15, 0.2) is 19.0 Å². The highest BCUT2D eigenvalue weighted by molar-refractivity contribution is 5.72. The van der Waals surface area contributed by atoms with Gasteiger partial charge in [-0.05, 0) is 6.42 Å². The van der Waals surface area contributed by atoms with Crippen LogP contribution in [0.3, 0.4) is 0 Å². The van der Waals surface area contributed by atoms with Gasteiger partial charge in [-0.15, -0.1) is 0 Å². The Balaban J connectivity index is 0.000000443. The standard InChI is InChI=1S/C10H21NO2.C3H3N3/c1-2-3-4-5-6-7-8-9(11)10(12)13;1-4-2-6-3-5-1/h9H,2-8,11H2,1H3,(H,12,13);1-3H. The first kappa shape index (κ1) is 17.4. The molecule has 1 atom stereocenters. The second kappa shape index (κ2) is 12.9. The summed E-state index contributed by atoms with van der Waals surface area (Å²) in [7, 11) is 0. The molecule has 1 unspecified atom stereocenters. The number of aliphatic carboxylic acids is 1. The molecule has 0 amide bonds. The van der Waals surface area contributed by atoms with Crippen molar-refractivity contribution in [1.29, 1.82) is 0 Å². The van der Waals surface area contributed by atoms with Gasteiger partial charge in [-0.3, -0.25) is 4.79 Å². The fourth-order valence-electron chi connectivity index (χ4n) is 1.47. The van der Waals surface area contributed by atoms with Crippen LogP contribution in [0, 0.1) is 0 Å². The summed E-state index contributed by atoms with van der Waals surface area (Å²) in [4.78, 5) is 21.0. The van der Waals surface area contributed by atoms with Gasteiger partial charge in [0, 0.05) is 0 Å². The zero-order valence-corrected chi connectivity index (χ0v) is 11.5. The molecule has 1 heterocycles. The Morgan fingerprint density at radius 3 is 1.95 bits per heavy atom. The molecule has 1 aromatic rings. The number of unbranched alkanes of at least 4 members (excludes halogenated alkanes) is 5. The van der Waals surface area contributed by atoms with Crippen molar-refractivity contribution < 1.29 is 9.90 Å². The maximum absolute atomic E-state index is 10.3. The van der Waals surface area contributed by atoms with Crippen molar-refractivity contribution in [1.82, 2.24) is 15.0 Å². The Morgan fingerprint density at radius 1 is 1.05 bits per heavy atom. The number of hydrogen-bond acceptors (Lipinski definition) is 5. The van der Waals surface area contributed by atoms with Crippen LogP contribution in [0.1, 0.15) is 51.9 Å². The van der Waals surface area contributed by atoms with Gasteiger partial charge in [-0.1, -0.05) is 45.4 Å². The van der Waals surface area contributed by atoms with Crippen molar-refractivity contribution in [3.05, 3.63) is 19.0 Å². The topological polar surface area (TPSA) is 102 Å².